The van der Waals surface area contributed by atoms with E-state index in [1.54, 1.807) is 37.6 Å². The highest BCUT2D eigenvalue weighted by Crippen LogP contribution is 2.41. The number of aromatic nitrogens is 1. The number of hydrogen-bond acceptors (Lipinski definition) is 6. The molecule has 0 fully saturated rings. The number of nitrogens with zero attached hydrogens (tertiary/aromatic N) is 1. The molecule has 0 saturated heterocycles. The van der Waals surface area contributed by atoms with Crippen LogP contribution in [0.4, 0.5) is 0 Å². The van der Waals surface area contributed by atoms with Crippen molar-refractivity contribution >= 4 is 22.8 Å². The lowest BCUT2D eigenvalue weighted by molar-refractivity contribution is 0.104. The molecule has 0 radical (unpaired) electrons. The van der Waals surface area contributed by atoms with Gasteiger partial charge in [0.05, 0.1) is 14.2 Å². The van der Waals surface area contributed by atoms with E-state index in [-0.39, 0.29) is 11.4 Å². The molecule has 4 rings (SSSR count). The van der Waals surface area contributed by atoms with Gasteiger partial charge in [0, 0.05) is 22.7 Å². The number of aromatic amines is 1. The average molecular weight is 390 g/mol. The summed E-state index contributed by atoms with van der Waals surface area (Å²) in [5.41, 5.74) is 1.78. The molecule has 29 heavy (non-hydrogen) atoms. The quantitative estimate of drug-likeness (QED) is 0.405. The van der Waals surface area contributed by atoms with Crippen LogP contribution in [0.25, 0.3) is 17.0 Å². The Balaban J connectivity index is 1.75. The van der Waals surface area contributed by atoms with E-state index in [1.165, 1.54) is 13.2 Å². The Labute approximate surface area is 167 Å². The molecule has 0 spiro atoms. The van der Waals surface area contributed by atoms with Crippen LogP contribution in [0.3, 0.4) is 0 Å². The lowest BCUT2D eigenvalue weighted by Gasteiger charge is -2.21. The number of ether oxygens (including phenoxy) is 4. The molecule has 7 nitrogen and oxygen atoms in total. The molecule has 3 aromatic rings. The van der Waals surface area contributed by atoms with Crippen LogP contribution in [-0.4, -0.2) is 38.2 Å². The molecule has 146 valence electrons. The van der Waals surface area contributed by atoms with E-state index in [2.05, 4.69) is 4.98 Å². The third-order valence-electron chi connectivity index (χ3n) is 4.66. The molecular weight excluding hydrogens is 372 g/mol. The Kier molecular flexibility index (Phi) is 4.83. The molecular formula is C22H18N2O5. The molecule has 0 aliphatic carbocycles. The van der Waals surface area contributed by atoms with Crippen LogP contribution in [0.1, 0.15) is 15.9 Å². The normalized spacial score (nSPS) is 13.1. The van der Waals surface area contributed by atoms with Gasteiger partial charge in [0.15, 0.2) is 11.5 Å². The maximum atomic E-state index is 13.1. The first kappa shape index (κ1) is 18.4. The van der Waals surface area contributed by atoms with Crippen molar-refractivity contribution in [2.75, 3.05) is 27.4 Å². The summed E-state index contributed by atoms with van der Waals surface area (Å²) in [6.07, 6.45) is 3.12. The summed E-state index contributed by atoms with van der Waals surface area (Å²) in [5, 5.41) is 10.3. The summed E-state index contributed by atoms with van der Waals surface area (Å²) in [6, 6.07) is 10.8. The number of nitriles is 1. The highest BCUT2D eigenvalue weighted by Gasteiger charge is 2.20. The van der Waals surface area contributed by atoms with Gasteiger partial charge in [-0.1, -0.05) is 0 Å². The summed E-state index contributed by atoms with van der Waals surface area (Å²) < 4.78 is 21.8. The van der Waals surface area contributed by atoms with Crippen molar-refractivity contribution in [2.45, 2.75) is 0 Å². The predicted octanol–water partition coefficient (Wildman–Crippen LogP) is 3.75. The van der Waals surface area contributed by atoms with Crippen molar-refractivity contribution in [3.05, 3.63) is 53.2 Å². The molecule has 1 aliphatic rings. The van der Waals surface area contributed by atoms with Crippen molar-refractivity contribution in [1.29, 1.82) is 5.26 Å². The Morgan fingerprint density at radius 2 is 2.00 bits per heavy atom. The Bertz CT molecular complexity index is 1150. The van der Waals surface area contributed by atoms with Crippen molar-refractivity contribution in [3.8, 4) is 29.1 Å². The van der Waals surface area contributed by atoms with Crippen molar-refractivity contribution in [2.24, 2.45) is 0 Å². The summed E-state index contributed by atoms with van der Waals surface area (Å²) >= 11 is 0. The van der Waals surface area contributed by atoms with E-state index in [9.17, 15) is 10.1 Å². The number of rotatable bonds is 5. The van der Waals surface area contributed by atoms with Gasteiger partial charge >= 0.3 is 0 Å². The van der Waals surface area contributed by atoms with Gasteiger partial charge in [0.2, 0.25) is 11.5 Å². The number of carbonyl (C=O) groups excluding carboxylic acids is 1. The SMILES string of the molecule is COc1ccc2[nH]cc(C(=O)C(C#N)=Cc3cc(OC)c4c(c3)OCCO4)c2c1. The Morgan fingerprint density at radius 3 is 2.76 bits per heavy atom. The lowest BCUT2D eigenvalue weighted by Crippen LogP contribution is -2.16. The Morgan fingerprint density at radius 1 is 1.17 bits per heavy atom. The van der Waals surface area contributed by atoms with Crippen LogP contribution in [0, 0.1) is 11.3 Å². The van der Waals surface area contributed by atoms with Gasteiger partial charge < -0.3 is 23.9 Å². The largest absolute Gasteiger partial charge is 0.497 e. The topological polar surface area (TPSA) is 93.6 Å². The van der Waals surface area contributed by atoms with E-state index in [0.29, 0.717) is 52.7 Å². The summed E-state index contributed by atoms with van der Waals surface area (Å²) in [6.45, 7) is 0.856. The molecule has 1 aromatic heterocycles. The van der Waals surface area contributed by atoms with Crippen LogP contribution in [-0.2, 0) is 0 Å². The van der Waals surface area contributed by atoms with E-state index in [4.69, 9.17) is 18.9 Å². The zero-order chi connectivity index (χ0) is 20.4. The van der Waals surface area contributed by atoms with Gasteiger partial charge in [0.1, 0.15) is 30.6 Å². The smallest absolute Gasteiger partial charge is 0.205 e. The number of allylic oxidation sites excluding steroid dienone is 1. The van der Waals surface area contributed by atoms with Gasteiger partial charge in [-0.3, -0.25) is 4.79 Å². The minimum atomic E-state index is -0.388. The van der Waals surface area contributed by atoms with Gasteiger partial charge in [-0.15, -0.1) is 0 Å². The number of benzene rings is 2. The monoisotopic (exact) mass is 390 g/mol. The van der Waals surface area contributed by atoms with Crippen LogP contribution in [0.5, 0.6) is 23.0 Å². The highest BCUT2D eigenvalue weighted by molar-refractivity contribution is 6.20. The zero-order valence-electron chi connectivity index (χ0n) is 15.9. The minimum absolute atomic E-state index is 0.00699. The second-order valence-electron chi connectivity index (χ2n) is 6.36. The number of carbonyl (C=O) groups is 1. The van der Waals surface area contributed by atoms with Gasteiger partial charge in [0.25, 0.3) is 0 Å². The molecule has 0 saturated carbocycles. The summed E-state index contributed by atoms with van der Waals surface area (Å²) in [7, 11) is 3.09. The van der Waals surface area contributed by atoms with Crippen LogP contribution in [0.2, 0.25) is 0 Å². The zero-order valence-corrected chi connectivity index (χ0v) is 15.9. The third kappa shape index (κ3) is 3.36. The van der Waals surface area contributed by atoms with Crippen LogP contribution < -0.4 is 18.9 Å². The molecule has 1 N–H and O–H groups in total. The second-order valence-corrected chi connectivity index (χ2v) is 6.36. The molecule has 0 atom stereocenters. The molecule has 1 aliphatic heterocycles. The fourth-order valence-corrected chi connectivity index (χ4v) is 3.25. The standard InChI is InChI=1S/C22H18N2O5/c1-26-15-3-4-18-16(10-15)17(12-24-18)21(25)14(11-23)7-13-8-19(27-2)22-20(9-13)28-5-6-29-22/h3-4,7-10,12,24H,5-6H2,1-2H3. The van der Waals surface area contributed by atoms with Crippen LogP contribution in [0.15, 0.2) is 42.1 Å². The Hall–Kier alpha value is -3.92. The number of H-pyrrole nitrogens is 1. The number of Topliss-reactive ketones (excluding diaryl/α,β-unsaturated/α-hetero) is 1. The van der Waals surface area contributed by atoms with Crippen molar-refractivity contribution < 1.29 is 23.7 Å². The number of hydrogen-bond donors (Lipinski definition) is 1. The maximum absolute atomic E-state index is 13.1. The van der Waals surface area contributed by atoms with Crippen molar-refractivity contribution in [1.82, 2.24) is 4.98 Å². The van der Waals surface area contributed by atoms with E-state index in [0.717, 1.165) is 5.52 Å². The number of fused-ring (bicyclic) bond motifs is 2. The van der Waals surface area contributed by atoms with Gasteiger partial charge in [-0.25, -0.2) is 0 Å². The molecule has 0 unspecified atom stereocenters. The number of ketones is 1. The van der Waals surface area contributed by atoms with Crippen molar-refractivity contribution in [3.63, 3.8) is 0 Å². The molecule has 2 heterocycles. The number of nitrogens with one attached hydrogen (secondary N) is 1. The second kappa shape index (κ2) is 7.60. The fraction of sp³-hybridized carbons (Fsp3) is 0.182. The van der Waals surface area contributed by atoms with Gasteiger partial charge in [-0.2, -0.15) is 5.26 Å². The molecule has 2 aromatic carbocycles. The summed E-state index contributed by atoms with van der Waals surface area (Å²) in [5.74, 6) is 1.76. The number of methoxy groups -OCH3 is 2. The first-order valence-corrected chi connectivity index (χ1v) is 8.94. The van der Waals surface area contributed by atoms with E-state index < -0.39 is 0 Å². The molecule has 0 amide bonds. The maximum Gasteiger partial charge on any atom is 0.205 e. The first-order chi connectivity index (χ1) is 14.1. The van der Waals surface area contributed by atoms with E-state index >= 15 is 0 Å². The van der Waals surface area contributed by atoms with E-state index in [1.807, 2.05) is 12.1 Å². The average Bonchev–Trinajstić information content (AvgIpc) is 3.19. The highest BCUT2D eigenvalue weighted by atomic mass is 16.6. The predicted molar refractivity (Wildman–Crippen MR) is 107 cm³/mol. The summed E-state index contributed by atoms with van der Waals surface area (Å²) in [4.78, 5) is 16.1. The molecule has 0 bridgehead atoms. The van der Waals surface area contributed by atoms with Crippen LogP contribution >= 0.6 is 0 Å². The van der Waals surface area contributed by atoms with Gasteiger partial charge in [-0.05, 0) is 42.0 Å². The first-order valence-electron chi connectivity index (χ1n) is 8.94. The third-order valence-corrected chi connectivity index (χ3v) is 4.66. The minimum Gasteiger partial charge on any atom is -0.497 e. The lowest BCUT2D eigenvalue weighted by atomic mass is 10.0. The fourth-order valence-electron chi connectivity index (χ4n) is 3.25. The molecule has 7 heteroatoms.